The minimum absolute atomic E-state index is 0.117. The normalized spacial score (nSPS) is 17.8. The number of aromatic nitrogens is 3. The number of hydrogen-bond acceptors (Lipinski definition) is 6. The lowest BCUT2D eigenvalue weighted by molar-refractivity contribution is -0.120. The summed E-state index contributed by atoms with van der Waals surface area (Å²) < 4.78 is 1.57. The standard InChI is InChI=1S/C22H26N4O2S/c1-4-18-23-20-19(21(28)25(18)3)24-22(29-20)26-12-8-11-16(26)17(27)13-14(2)15-9-6-5-7-10-15/h5-7,9-10,14,16H,4,8,11-13H2,1-3H3/t14-,16-/m1/s1. The van der Waals surface area contributed by atoms with E-state index in [9.17, 15) is 9.59 Å². The van der Waals surface area contributed by atoms with Gasteiger partial charge in [0.25, 0.3) is 5.56 Å². The lowest BCUT2D eigenvalue weighted by atomic mass is 9.93. The van der Waals surface area contributed by atoms with Crippen molar-refractivity contribution >= 4 is 32.6 Å². The first-order valence-electron chi connectivity index (χ1n) is 10.2. The van der Waals surface area contributed by atoms with E-state index in [1.54, 1.807) is 11.6 Å². The average Bonchev–Trinajstić information content (AvgIpc) is 3.38. The first-order chi connectivity index (χ1) is 14.0. The molecule has 7 heteroatoms. The fourth-order valence-corrected chi connectivity index (χ4v) is 5.12. The largest absolute Gasteiger partial charge is 0.338 e. The molecule has 0 saturated carbocycles. The topological polar surface area (TPSA) is 68.1 Å². The molecule has 0 aliphatic carbocycles. The summed E-state index contributed by atoms with van der Waals surface area (Å²) in [5.74, 6) is 1.18. The van der Waals surface area contributed by atoms with E-state index in [1.807, 2.05) is 25.1 Å². The minimum atomic E-state index is -0.170. The Hall–Kier alpha value is -2.54. The summed E-state index contributed by atoms with van der Waals surface area (Å²) in [7, 11) is 1.74. The van der Waals surface area contributed by atoms with Gasteiger partial charge in [-0.25, -0.2) is 9.97 Å². The number of carbonyl (C=O) groups excluding carboxylic acids is 1. The number of aryl methyl sites for hydroxylation is 1. The van der Waals surface area contributed by atoms with Crippen molar-refractivity contribution in [1.29, 1.82) is 0 Å². The van der Waals surface area contributed by atoms with Crippen LogP contribution in [-0.2, 0) is 18.3 Å². The second-order valence-electron chi connectivity index (χ2n) is 7.73. The highest BCUT2D eigenvalue weighted by Crippen LogP contribution is 2.33. The van der Waals surface area contributed by atoms with Crippen LogP contribution in [0, 0.1) is 0 Å². The number of Topliss-reactive ketones (excluding diaryl/α,β-unsaturated/α-hetero) is 1. The van der Waals surface area contributed by atoms with Crippen molar-refractivity contribution in [2.45, 2.75) is 51.5 Å². The predicted octanol–water partition coefficient (Wildman–Crippen LogP) is 3.68. The molecular formula is C22H26N4O2S. The molecule has 3 aromatic rings. The molecule has 0 N–H and O–H groups in total. The Morgan fingerprint density at radius 1 is 1.28 bits per heavy atom. The summed E-state index contributed by atoms with van der Waals surface area (Å²) in [6, 6.07) is 9.99. The minimum Gasteiger partial charge on any atom is -0.338 e. The molecule has 1 aliphatic rings. The Kier molecular flexibility index (Phi) is 5.50. The second-order valence-corrected chi connectivity index (χ2v) is 8.69. The van der Waals surface area contributed by atoms with Gasteiger partial charge in [-0.2, -0.15) is 0 Å². The van der Waals surface area contributed by atoms with Gasteiger partial charge in [0.2, 0.25) is 0 Å². The van der Waals surface area contributed by atoms with E-state index >= 15 is 0 Å². The fraction of sp³-hybridized carbons (Fsp3) is 0.455. The molecule has 152 valence electrons. The van der Waals surface area contributed by atoms with Gasteiger partial charge in [-0.05, 0) is 24.3 Å². The van der Waals surface area contributed by atoms with Gasteiger partial charge in [0, 0.05) is 26.4 Å². The fourth-order valence-electron chi connectivity index (χ4n) is 4.09. The Balaban J connectivity index is 1.59. The van der Waals surface area contributed by atoms with E-state index in [4.69, 9.17) is 0 Å². The quantitative estimate of drug-likeness (QED) is 0.620. The lowest BCUT2D eigenvalue weighted by Gasteiger charge is -2.24. The molecule has 0 radical (unpaired) electrons. The predicted molar refractivity (Wildman–Crippen MR) is 117 cm³/mol. The number of rotatable bonds is 6. The third-order valence-electron chi connectivity index (χ3n) is 5.79. The van der Waals surface area contributed by atoms with Crippen LogP contribution in [0.15, 0.2) is 35.1 Å². The van der Waals surface area contributed by atoms with Crippen molar-refractivity contribution in [1.82, 2.24) is 14.5 Å². The number of fused-ring (bicyclic) bond motifs is 1. The van der Waals surface area contributed by atoms with Crippen molar-refractivity contribution in [3.8, 4) is 0 Å². The summed E-state index contributed by atoms with van der Waals surface area (Å²) in [6.45, 7) is 4.87. The van der Waals surface area contributed by atoms with Gasteiger partial charge in [0.05, 0.1) is 6.04 Å². The third-order valence-corrected chi connectivity index (χ3v) is 6.77. The van der Waals surface area contributed by atoms with Crippen LogP contribution in [0.2, 0.25) is 0 Å². The van der Waals surface area contributed by atoms with Crippen LogP contribution >= 0.6 is 11.3 Å². The van der Waals surface area contributed by atoms with Gasteiger partial charge in [-0.15, -0.1) is 0 Å². The van der Waals surface area contributed by atoms with E-state index in [2.05, 4.69) is 33.9 Å². The first kappa shape index (κ1) is 19.8. The smallest absolute Gasteiger partial charge is 0.280 e. The summed E-state index contributed by atoms with van der Waals surface area (Å²) in [5.41, 5.74) is 1.47. The highest BCUT2D eigenvalue weighted by Gasteiger charge is 2.33. The Morgan fingerprint density at radius 3 is 2.76 bits per heavy atom. The zero-order chi connectivity index (χ0) is 20.5. The Bertz CT molecular complexity index is 1090. The SMILES string of the molecule is CCc1nc2sc(N3CCC[C@@H]3C(=O)C[C@@H](C)c3ccccc3)nc2c(=O)n1C. The second kappa shape index (κ2) is 8.06. The molecule has 3 heterocycles. The molecule has 1 aromatic carbocycles. The van der Waals surface area contributed by atoms with E-state index in [-0.39, 0.29) is 23.3 Å². The third kappa shape index (κ3) is 3.71. The molecule has 4 rings (SSSR count). The summed E-state index contributed by atoms with van der Waals surface area (Å²) in [4.78, 5) is 37.7. The van der Waals surface area contributed by atoms with Crippen molar-refractivity contribution in [2.24, 2.45) is 7.05 Å². The average molecular weight is 411 g/mol. The van der Waals surface area contributed by atoms with Crippen molar-refractivity contribution in [3.63, 3.8) is 0 Å². The highest BCUT2D eigenvalue weighted by molar-refractivity contribution is 7.21. The summed E-state index contributed by atoms with van der Waals surface area (Å²) in [5, 5.41) is 0.737. The zero-order valence-electron chi connectivity index (χ0n) is 17.1. The molecule has 0 spiro atoms. The molecule has 0 unspecified atom stereocenters. The van der Waals surface area contributed by atoms with Gasteiger partial charge in [0.1, 0.15) is 5.82 Å². The number of nitrogens with zero attached hydrogens (tertiary/aromatic N) is 4. The van der Waals surface area contributed by atoms with E-state index in [1.165, 1.54) is 16.9 Å². The molecule has 0 bridgehead atoms. The van der Waals surface area contributed by atoms with Crippen LogP contribution in [0.3, 0.4) is 0 Å². The molecule has 0 amide bonds. The summed E-state index contributed by atoms with van der Waals surface area (Å²) in [6.07, 6.45) is 2.99. The maximum Gasteiger partial charge on any atom is 0.280 e. The van der Waals surface area contributed by atoms with Gasteiger partial charge in [-0.3, -0.25) is 14.2 Å². The van der Waals surface area contributed by atoms with E-state index < -0.39 is 0 Å². The Morgan fingerprint density at radius 2 is 2.03 bits per heavy atom. The first-order valence-corrected chi connectivity index (χ1v) is 11.0. The van der Waals surface area contributed by atoms with Gasteiger partial charge < -0.3 is 4.90 Å². The van der Waals surface area contributed by atoms with Crippen LogP contribution < -0.4 is 10.5 Å². The molecule has 29 heavy (non-hydrogen) atoms. The lowest BCUT2D eigenvalue weighted by Crippen LogP contribution is -2.36. The number of carbonyl (C=O) groups is 1. The summed E-state index contributed by atoms with van der Waals surface area (Å²) >= 11 is 1.42. The van der Waals surface area contributed by atoms with Crippen LogP contribution in [0.5, 0.6) is 0 Å². The zero-order valence-corrected chi connectivity index (χ0v) is 17.9. The van der Waals surface area contributed by atoms with E-state index in [0.717, 1.165) is 30.3 Å². The number of benzene rings is 1. The van der Waals surface area contributed by atoms with Crippen LogP contribution in [0.4, 0.5) is 5.13 Å². The molecule has 6 nitrogen and oxygen atoms in total. The highest BCUT2D eigenvalue weighted by atomic mass is 32.1. The maximum absolute atomic E-state index is 13.1. The van der Waals surface area contributed by atoms with Gasteiger partial charge in [-0.1, -0.05) is 55.5 Å². The molecule has 2 aromatic heterocycles. The van der Waals surface area contributed by atoms with Gasteiger partial charge >= 0.3 is 0 Å². The van der Waals surface area contributed by atoms with Crippen molar-refractivity contribution < 1.29 is 4.79 Å². The van der Waals surface area contributed by atoms with Crippen LogP contribution in [0.1, 0.15) is 50.4 Å². The van der Waals surface area contributed by atoms with Crippen LogP contribution in [-0.4, -0.2) is 32.9 Å². The van der Waals surface area contributed by atoms with Crippen molar-refractivity contribution in [3.05, 3.63) is 52.1 Å². The molecule has 1 aliphatic heterocycles. The number of thiazole rings is 1. The monoisotopic (exact) mass is 410 g/mol. The molecule has 1 saturated heterocycles. The van der Waals surface area contributed by atoms with E-state index in [0.29, 0.717) is 23.2 Å². The van der Waals surface area contributed by atoms with Crippen molar-refractivity contribution in [2.75, 3.05) is 11.4 Å². The number of anilines is 1. The Labute approximate surface area is 174 Å². The maximum atomic E-state index is 13.1. The molecule has 1 fully saturated rings. The molecular weight excluding hydrogens is 384 g/mol. The van der Waals surface area contributed by atoms with Crippen LogP contribution in [0.25, 0.3) is 10.3 Å². The van der Waals surface area contributed by atoms with Gasteiger partial charge in [0.15, 0.2) is 21.3 Å². The number of hydrogen-bond donors (Lipinski definition) is 0. The number of ketones is 1. The molecule has 2 atom stereocenters.